The van der Waals surface area contributed by atoms with Gasteiger partial charge in [0.2, 0.25) is 0 Å². The number of rotatable bonds is 1. The number of nitrogens with zero attached hydrogens (tertiary/aromatic N) is 1. The summed E-state index contributed by atoms with van der Waals surface area (Å²) < 4.78 is 12.7. The standard InChI is InChI=1S/HNOP2S/c2-4(5)1-3/h3H/p+1. The Bertz CT molecular complexity index is 60.7. The monoisotopic (exact) mass is 126 g/mol. The van der Waals surface area contributed by atoms with Crippen molar-refractivity contribution in [2.45, 2.75) is 0 Å². The first-order valence-electron chi connectivity index (χ1n) is 0.806. The second-order valence-corrected chi connectivity index (χ2v) is 2.68. The van der Waals surface area contributed by atoms with Crippen molar-refractivity contribution in [3.05, 3.63) is 0 Å². The molecule has 0 aromatic carbocycles. The molecular formula is H2NOP2S+. The first-order chi connectivity index (χ1) is 2.27. The van der Waals surface area contributed by atoms with Gasteiger partial charge in [-0.3, -0.25) is 0 Å². The van der Waals surface area contributed by atoms with E-state index in [0.717, 1.165) is 0 Å². The third-order valence-corrected chi connectivity index (χ3v) is 1.57. The van der Waals surface area contributed by atoms with E-state index in [0.29, 0.717) is 0 Å². The van der Waals surface area contributed by atoms with Gasteiger partial charge in [0.25, 0.3) is 0 Å². The summed E-state index contributed by atoms with van der Waals surface area (Å²) in [5.74, 6) is 0. The van der Waals surface area contributed by atoms with E-state index < -0.39 is 7.15 Å². The van der Waals surface area contributed by atoms with Crippen molar-refractivity contribution in [1.82, 2.24) is 0 Å². The molecule has 5 heavy (non-hydrogen) atoms. The lowest BCUT2D eigenvalue weighted by Crippen LogP contribution is -1.13. The second kappa shape index (κ2) is 2.77. The molecule has 2 nitrogen and oxygen atoms in total. The van der Waals surface area contributed by atoms with Crippen molar-refractivity contribution in [1.29, 1.82) is 0 Å². The van der Waals surface area contributed by atoms with Crippen LogP contribution in [0.15, 0.2) is 4.52 Å². The van der Waals surface area contributed by atoms with E-state index in [-0.39, 0.29) is 0 Å². The van der Waals surface area contributed by atoms with E-state index >= 15 is 0 Å². The van der Waals surface area contributed by atoms with E-state index in [2.05, 4.69) is 25.8 Å². The van der Waals surface area contributed by atoms with Gasteiger partial charge in [-0.1, -0.05) is 0 Å². The fraction of sp³-hybridized carbons (Fsp3) is 0. The van der Waals surface area contributed by atoms with Crippen LogP contribution in [0.5, 0.6) is 0 Å². The SMILES string of the molecule is O=[P+](S)N=P. The summed E-state index contributed by atoms with van der Waals surface area (Å²) in [6, 6.07) is 0. The molecular weight excluding hydrogens is 124 g/mol. The molecule has 0 N–H and O–H groups in total. The normalized spacial score (nSPS) is 10.2. The molecule has 0 aromatic rings. The molecule has 28 valence electrons. The molecule has 0 saturated carbocycles. The quantitative estimate of drug-likeness (QED) is 0.422. The van der Waals surface area contributed by atoms with E-state index in [9.17, 15) is 4.57 Å². The summed E-state index contributed by atoms with van der Waals surface area (Å²) in [6.45, 7) is 0. The molecule has 0 rings (SSSR count). The van der Waals surface area contributed by atoms with Crippen molar-refractivity contribution >= 4 is 28.4 Å². The molecule has 0 aliphatic rings. The van der Waals surface area contributed by atoms with Gasteiger partial charge in [0.1, 0.15) is 12.2 Å². The van der Waals surface area contributed by atoms with Gasteiger partial charge in [0, 0.05) is 9.03 Å². The van der Waals surface area contributed by atoms with Gasteiger partial charge in [-0.05, 0) is 9.08 Å². The first kappa shape index (κ1) is 5.55. The lowest BCUT2D eigenvalue weighted by molar-refractivity contribution is 0.598. The van der Waals surface area contributed by atoms with Gasteiger partial charge in [0.05, 0.1) is 0 Å². The molecule has 1 atom stereocenters. The topological polar surface area (TPSA) is 29.4 Å². The molecule has 0 spiro atoms. The Morgan fingerprint density at radius 1 is 2.00 bits per heavy atom. The Morgan fingerprint density at radius 3 is 2.20 bits per heavy atom. The third kappa shape index (κ3) is 4.55. The molecule has 0 amide bonds. The Hall–Kier alpha value is 0.550. The van der Waals surface area contributed by atoms with Gasteiger partial charge in [-0.25, -0.2) is 0 Å². The van der Waals surface area contributed by atoms with Crippen molar-refractivity contribution in [3.8, 4) is 0 Å². The minimum Gasteiger partial charge on any atom is -0.0255 e. The molecule has 0 fully saturated rings. The van der Waals surface area contributed by atoms with Crippen LogP contribution in [0.2, 0.25) is 0 Å². The summed E-state index contributed by atoms with van der Waals surface area (Å²) in [7, 11) is 1.00. The molecule has 0 aromatic heterocycles. The smallest absolute Gasteiger partial charge is 0.0255 e. The van der Waals surface area contributed by atoms with Crippen molar-refractivity contribution in [2.75, 3.05) is 0 Å². The molecule has 0 aliphatic carbocycles. The maximum absolute atomic E-state index is 9.61. The van der Waals surface area contributed by atoms with E-state index in [1.807, 2.05) is 0 Å². The fourth-order valence-electron chi connectivity index (χ4n) is 0. The Kier molecular flexibility index (Phi) is 3.07. The molecule has 0 heterocycles. The maximum Gasteiger partial charge on any atom is 0.561 e. The Balaban J connectivity index is 3.20. The highest BCUT2D eigenvalue weighted by molar-refractivity contribution is 8.40. The van der Waals surface area contributed by atoms with Gasteiger partial charge in [-0.2, -0.15) is 0 Å². The minimum atomic E-state index is -1.62. The first-order valence-corrected chi connectivity index (χ1v) is 3.62. The van der Waals surface area contributed by atoms with Crippen LogP contribution in [-0.4, -0.2) is 0 Å². The highest BCUT2D eigenvalue weighted by Gasteiger charge is 1.95. The van der Waals surface area contributed by atoms with Crippen LogP contribution in [0.3, 0.4) is 0 Å². The zero-order valence-electron chi connectivity index (χ0n) is 2.25. The number of thiol groups is 1. The van der Waals surface area contributed by atoms with Crippen LogP contribution >= 0.6 is 28.4 Å². The Labute approximate surface area is 38.3 Å². The summed E-state index contributed by atoms with van der Waals surface area (Å²) in [4.78, 5) is 0. The van der Waals surface area contributed by atoms with Crippen molar-refractivity contribution in [2.24, 2.45) is 4.52 Å². The maximum atomic E-state index is 9.61. The second-order valence-electron chi connectivity index (χ2n) is 0.353. The highest BCUT2D eigenvalue weighted by Crippen LogP contribution is 2.27. The zero-order valence-corrected chi connectivity index (χ0v) is 5.04. The van der Waals surface area contributed by atoms with Gasteiger partial charge >= 0.3 is 7.15 Å². The van der Waals surface area contributed by atoms with Gasteiger partial charge < -0.3 is 0 Å². The Morgan fingerprint density at radius 2 is 2.20 bits per heavy atom. The van der Waals surface area contributed by atoms with Crippen LogP contribution in [-0.2, 0) is 4.57 Å². The average Bonchev–Trinajstić information content (AvgIpc) is 1.38. The van der Waals surface area contributed by atoms with Crippen molar-refractivity contribution in [3.63, 3.8) is 0 Å². The van der Waals surface area contributed by atoms with Crippen molar-refractivity contribution < 1.29 is 4.57 Å². The van der Waals surface area contributed by atoms with Crippen LogP contribution < -0.4 is 0 Å². The zero-order chi connectivity index (χ0) is 4.28. The van der Waals surface area contributed by atoms with Crippen LogP contribution in [0, 0.1) is 0 Å². The number of hydrogen-bond donors (Lipinski definition) is 1. The summed E-state index contributed by atoms with van der Waals surface area (Å²) >= 11 is 3.39. The third-order valence-electron chi connectivity index (χ3n) is 0.0855. The molecule has 0 bridgehead atoms. The molecule has 5 heteroatoms. The summed E-state index contributed by atoms with van der Waals surface area (Å²) in [5, 5.41) is 0. The van der Waals surface area contributed by atoms with E-state index in [1.54, 1.807) is 0 Å². The van der Waals surface area contributed by atoms with Gasteiger partial charge in [-0.15, -0.1) is 0 Å². The van der Waals surface area contributed by atoms with Crippen LogP contribution in [0.25, 0.3) is 0 Å². The van der Waals surface area contributed by atoms with E-state index in [4.69, 9.17) is 0 Å². The predicted octanol–water partition coefficient (Wildman–Crippen LogP) is 1.90. The molecule has 0 radical (unpaired) electrons. The summed E-state index contributed by atoms with van der Waals surface area (Å²) in [5.41, 5.74) is 0. The van der Waals surface area contributed by atoms with Crippen LogP contribution in [0.4, 0.5) is 0 Å². The fourth-order valence-corrected chi connectivity index (χ4v) is 0. The molecule has 0 saturated heterocycles. The molecule has 0 aliphatic heterocycles. The van der Waals surface area contributed by atoms with Gasteiger partial charge in [0.15, 0.2) is 0 Å². The minimum absolute atomic E-state index is 1.62. The molecule has 1 unspecified atom stereocenters. The number of hydrogen-bond acceptors (Lipinski definition) is 1. The largest absolute Gasteiger partial charge is 0.561 e. The van der Waals surface area contributed by atoms with Crippen LogP contribution in [0.1, 0.15) is 0 Å². The lowest BCUT2D eigenvalue weighted by Gasteiger charge is -1.40. The highest BCUT2D eigenvalue weighted by atomic mass is 32.7. The predicted molar refractivity (Wildman–Crippen MR) is 27.3 cm³/mol. The average molecular weight is 126 g/mol. The van der Waals surface area contributed by atoms with E-state index in [1.165, 1.54) is 0 Å². The summed E-state index contributed by atoms with van der Waals surface area (Å²) in [6.07, 6.45) is 0. The lowest BCUT2D eigenvalue weighted by atomic mass is 13.9.